The molecule has 1 aromatic carbocycles. The molecule has 2 heterocycles. The average molecular weight is 306 g/mol. The minimum atomic E-state index is -0.717. The van der Waals surface area contributed by atoms with Gasteiger partial charge in [0.15, 0.2) is 0 Å². The molecule has 2 N–H and O–H groups in total. The summed E-state index contributed by atoms with van der Waals surface area (Å²) in [4.78, 5) is 13.6. The SMILES string of the molecule is O=C(O)[C@@H]1CSC2(CCN(CCc3ccccc3)CC2)N1. The zero-order valence-electron chi connectivity index (χ0n) is 12.1. The highest BCUT2D eigenvalue weighted by molar-refractivity contribution is 8.01. The fourth-order valence-electron chi connectivity index (χ4n) is 3.14. The van der Waals surface area contributed by atoms with Crippen molar-refractivity contribution in [2.75, 3.05) is 25.4 Å². The van der Waals surface area contributed by atoms with E-state index in [1.165, 1.54) is 5.56 Å². The second-order valence-electron chi connectivity index (χ2n) is 5.92. The number of benzene rings is 1. The highest BCUT2D eigenvalue weighted by Gasteiger charge is 2.43. The zero-order valence-corrected chi connectivity index (χ0v) is 12.9. The average Bonchev–Trinajstić information content (AvgIpc) is 2.92. The summed E-state index contributed by atoms with van der Waals surface area (Å²) in [7, 11) is 0. The van der Waals surface area contributed by atoms with Gasteiger partial charge in [-0.25, -0.2) is 0 Å². The Hall–Kier alpha value is -1.04. The molecule has 1 aromatic rings. The lowest BCUT2D eigenvalue weighted by Crippen LogP contribution is -2.52. The first kappa shape index (κ1) is 14.9. The maximum absolute atomic E-state index is 11.1. The fraction of sp³-hybridized carbons (Fsp3) is 0.562. The molecular weight excluding hydrogens is 284 g/mol. The summed E-state index contributed by atoms with van der Waals surface area (Å²) < 4.78 is 0. The molecule has 21 heavy (non-hydrogen) atoms. The van der Waals surface area contributed by atoms with Crippen LogP contribution in [0.25, 0.3) is 0 Å². The van der Waals surface area contributed by atoms with E-state index in [4.69, 9.17) is 5.11 Å². The van der Waals surface area contributed by atoms with Crippen molar-refractivity contribution in [3.8, 4) is 0 Å². The van der Waals surface area contributed by atoms with E-state index in [1.807, 2.05) is 0 Å². The number of carboxylic acid groups (broad SMARTS) is 1. The predicted molar refractivity (Wildman–Crippen MR) is 85.6 cm³/mol. The van der Waals surface area contributed by atoms with E-state index in [0.29, 0.717) is 5.75 Å². The van der Waals surface area contributed by atoms with E-state index in [9.17, 15) is 4.79 Å². The molecule has 5 heteroatoms. The number of piperidine rings is 1. The Morgan fingerprint density at radius 1 is 1.33 bits per heavy atom. The van der Waals surface area contributed by atoms with Crippen molar-refractivity contribution in [1.29, 1.82) is 0 Å². The second-order valence-corrected chi connectivity index (χ2v) is 7.32. The van der Waals surface area contributed by atoms with Gasteiger partial charge in [0.05, 0.1) is 4.87 Å². The quantitative estimate of drug-likeness (QED) is 0.888. The van der Waals surface area contributed by atoms with Gasteiger partial charge in [0.25, 0.3) is 0 Å². The van der Waals surface area contributed by atoms with Crippen LogP contribution in [0.4, 0.5) is 0 Å². The monoisotopic (exact) mass is 306 g/mol. The van der Waals surface area contributed by atoms with Crippen LogP contribution < -0.4 is 5.32 Å². The molecule has 2 aliphatic rings. The third kappa shape index (κ3) is 3.59. The van der Waals surface area contributed by atoms with Crippen molar-refractivity contribution in [3.63, 3.8) is 0 Å². The van der Waals surface area contributed by atoms with Crippen LogP contribution in [0.3, 0.4) is 0 Å². The maximum atomic E-state index is 11.1. The second kappa shape index (κ2) is 6.38. The van der Waals surface area contributed by atoms with Gasteiger partial charge in [-0.1, -0.05) is 30.3 Å². The smallest absolute Gasteiger partial charge is 0.321 e. The Labute approximate surface area is 129 Å². The Bertz CT molecular complexity index is 486. The molecule has 3 rings (SSSR count). The van der Waals surface area contributed by atoms with E-state index < -0.39 is 5.97 Å². The molecule has 1 spiro atoms. The lowest BCUT2D eigenvalue weighted by molar-refractivity contribution is -0.139. The fourth-order valence-corrected chi connectivity index (χ4v) is 4.54. The highest BCUT2D eigenvalue weighted by Crippen LogP contribution is 2.39. The third-order valence-electron chi connectivity index (χ3n) is 4.48. The molecule has 4 nitrogen and oxygen atoms in total. The van der Waals surface area contributed by atoms with Gasteiger partial charge in [-0.2, -0.15) is 0 Å². The molecule has 2 aliphatic heterocycles. The molecule has 1 atom stereocenters. The summed E-state index contributed by atoms with van der Waals surface area (Å²) in [6.07, 6.45) is 3.17. The van der Waals surface area contributed by atoms with E-state index in [-0.39, 0.29) is 10.9 Å². The molecule has 2 fully saturated rings. The molecule has 0 aliphatic carbocycles. The summed E-state index contributed by atoms with van der Waals surface area (Å²) in [6, 6.07) is 10.2. The number of nitrogens with one attached hydrogen (secondary N) is 1. The van der Waals surface area contributed by atoms with Gasteiger partial charge in [-0.3, -0.25) is 10.1 Å². The predicted octanol–water partition coefficient (Wildman–Crippen LogP) is 1.81. The molecule has 0 unspecified atom stereocenters. The number of aliphatic carboxylic acids is 1. The lowest BCUT2D eigenvalue weighted by atomic mass is 10.0. The van der Waals surface area contributed by atoms with Crippen LogP contribution in [0.5, 0.6) is 0 Å². The van der Waals surface area contributed by atoms with Gasteiger partial charge >= 0.3 is 5.97 Å². The molecule has 0 saturated carbocycles. The van der Waals surface area contributed by atoms with Crippen LogP contribution in [0.2, 0.25) is 0 Å². The summed E-state index contributed by atoms with van der Waals surface area (Å²) in [5.74, 6) is -0.0230. The summed E-state index contributed by atoms with van der Waals surface area (Å²) in [5, 5.41) is 12.4. The number of nitrogens with zero attached hydrogens (tertiary/aromatic N) is 1. The van der Waals surface area contributed by atoms with Crippen LogP contribution >= 0.6 is 11.8 Å². The minimum absolute atomic E-state index is 0.00625. The Kier molecular flexibility index (Phi) is 4.52. The van der Waals surface area contributed by atoms with E-state index in [2.05, 4.69) is 40.5 Å². The van der Waals surface area contributed by atoms with Gasteiger partial charge in [-0.05, 0) is 24.8 Å². The Morgan fingerprint density at radius 2 is 2.05 bits per heavy atom. The third-order valence-corrected chi connectivity index (χ3v) is 6.06. The minimum Gasteiger partial charge on any atom is -0.480 e. The number of rotatable bonds is 4. The number of hydrogen-bond donors (Lipinski definition) is 2. The number of thioether (sulfide) groups is 1. The maximum Gasteiger partial charge on any atom is 0.321 e. The lowest BCUT2D eigenvalue weighted by Gasteiger charge is -2.39. The topological polar surface area (TPSA) is 52.6 Å². The molecule has 0 bridgehead atoms. The molecule has 0 amide bonds. The molecule has 0 aromatic heterocycles. The standard InChI is InChI=1S/C16H22N2O2S/c19-15(20)14-12-21-16(17-14)7-10-18(11-8-16)9-6-13-4-2-1-3-5-13/h1-5,14,17H,6-12H2,(H,19,20)/t14-/m0/s1. The van der Waals surface area contributed by atoms with Gasteiger partial charge in [0.1, 0.15) is 6.04 Å². The van der Waals surface area contributed by atoms with Crippen molar-refractivity contribution >= 4 is 17.7 Å². The van der Waals surface area contributed by atoms with Crippen LogP contribution in [0, 0.1) is 0 Å². The first-order valence-electron chi connectivity index (χ1n) is 7.58. The van der Waals surface area contributed by atoms with Gasteiger partial charge in [-0.15, -0.1) is 11.8 Å². The van der Waals surface area contributed by atoms with Crippen molar-refractivity contribution in [3.05, 3.63) is 35.9 Å². The van der Waals surface area contributed by atoms with Crippen LogP contribution in [-0.4, -0.2) is 52.3 Å². The number of likely N-dealkylation sites (tertiary alicyclic amines) is 1. The van der Waals surface area contributed by atoms with Crippen LogP contribution in [0.15, 0.2) is 30.3 Å². The molecule has 0 radical (unpaired) electrons. The number of hydrogen-bond acceptors (Lipinski definition) is 4. The normalized spacial score (nSPS) is 25.2. The van der Waals surface area contributed by atoms with Gasteiger partial charge < -0.3 is 10.0 Å². The number of carboxylic acids is 1. The first-order valence-corrected chi connectivity index (χ1v) is 8.56. The van der Waals surface area contributed by atoms with Crippen molar-refractivity contribution < 1.29 is 9.90 Å². The summed E-state index contributed by atoms with van der Waals surface area (Å²) in [5.41, 5.74) is 1.39. The molecular formula is C16H22N2O2S. The van der Waals surface area contributed by atoms with Gasteiger partial charge in [0.2, 0.25) is 0 Å². The Morgan fingerprint density at radius 3 is 2.67 bits per heavy atom. The summed E-state index contributed by atoms with van der Waals surface area (Å²) in [6.45, 7) is 3.20. The number of carbonyl (C=O) groups is 1. The van der Waals surface area contributed by atoms with E-state index >= 15 is 0 Å². The van der Waals surface area contributed by atoms with Crippen molar-refractivity contribution in [2.45, 2.75) is 30.2 Å². The largest absolute Gasteiger partial charge is 0.480 e. The van der Waals surface area contributed by atoms with Crippen LogP contribution in [-0.2, 0) is 11.2 Å². The van der Waals surface area contributed by atoms with Crippen molar-refractivity contribution in [1.82, 2.24) is 10.2 Å². The molecule has 114 valence electrons. The van der Waals surface area contributed by atoms with Gasteiger partial charge in [0, 0.05) is 25.4 Å². The highest BCUT2D eigenvalue weighted by atomic mass is 32.2. The van der Waals surface area contributed by atoms with E-state index in [0.717, 1.165) is 38.9 Å². The van der Waals surface area contributed by atoms with Crippen molar-refractivity contribution in [2.24, 2.45) is 0 Å². The zero-order chi connectivity index (χ0) is 14.7. The van der Waals surface area contributed by atoms with Crippen LogP contribution in [0.1, 0.15) is 18.4 Å². The first-order chi connectivity index (χ1) is 10.2. The van der Waals surface area contributed by atoms with E-state index in [1.54, 1.807) is 11.8 Å². The Balaban J connectivity index is 1.46. The molecule has 2 saturated heterocycles. The summed E-state index contributed by atoms with van der Waals surface area (Å²) >= 11 is 1.80.